The third-order valence-corrected chi connectivity index (χ3v) is 5.66. The van der Waals surface area contributed by atoms with E-state index in [4.69, 9.17) is 17.3 Å². The van der Waals surface area contributed by atoms with Crippen molar-refractivity contribution in [3.05, 3.63) is 46.6 Å². The number of halogens is 1. The predicted octanol–water partition coefficient (Wildman–Crippen LogP) is 2.80. The zero-order valence-electron chi connectivity index (χ0n) is 14.8. The van der Waals surface area contributed by atoms with Crippen LogP contribution in [-0.4, -0.2) is 51.3 Å². The summed E-state index contributed by atoms with van der Waals surface area (Å²) in [4.78, 5) is 36.3. The molecule has 10 heteroatoms. The van der Waals surface area contributed by atoms with Crippen LogP contribution in [0.15, 0.2) is 36.7 Å². The van der Waals surface area contributed by atoms with E-state index in [1.54, 1.807) is 17.0 Å². The Morgan fingerprint density at radius 2 is 2.11 bits per heavy atom. The molecule has 1 saturated heterocycles. The van der Waals surface area contributed by atoms with Crippen molar-refractivity contribution in [3.63, 3.8) is 0 Å². The van der Waals surface area contributed by atoms with Gasteiger partial charge in [0.25, 0.3) is 0 Å². The SMILES string of the molecule is Nc1ncnc2cc(CN3CCN(C(=O)Nc4ccc(Cl)s4)CC3=O)ccc12. The van der Waals surface area contributed by atoms with Crippen LogP contribution >= 0.6 is 22.9 Å². The Morgan fingerprint density at radius 1 is 1.25 bits per heavy atom. The summed E-state index contributed by atoms with van der Waals surface area (Å²) in [6, 6.07) is 8.83. The quantitative estimate of drug-likeness (QED) is 0.683. The van der Waals surface area contributed by atoms with Gasteiger partial charge in [0.05, 0.1) is 14.9 Å². The lowest BCUT2D eigenvalue weighted by atomic mass is 10.1. The Morgan fingerprint density at radius 3 is 2.86 bits per heavy atom. The minimum atomic E-state index is -0.301. The van der Waals surface area contributed by atoms with Gasteiger partial charge in [-0.1, -0.05) is 17.7 Å². The Kier molecular flexibility index (Phi) is 5.01. The fourth-order valence-corrected chi connectivity index (χ4v) is 3.99. The van der Waals surface area contributed by atoms with Crippen LogP contribution in [0.25, 0.3) is 10.9 Å². The smallest absolute Gasteiger partial charge is 0.322 e. The van der Waals surface area contributed by atoms with Crippen molar-refractivity contribution in [1.29, 1.82) is 0 Å². The van der Waals surface area contributed by atoms with Gasteiger partial charge in [0.2, 0.25) is 5.91 Å². The zero-order valence-corrected chi connectivity index (χ0v) is 16.3. The second-order valence-corrected chi connectivity index (χ2v) is 8.10. The molecule has 3 aromatic rings. The third-order valence-electron chi connectivity index (χ3n) is 4.51. The van der Waals surface area contributed by atoms with E-state index in [0.29, 0.717) is 34.8 Å². The van der Waals surface area contributed by atoms with E-state index in [0.717, 1.165) is 16.5 Å². The van der Waals surface area contributed by atoms with Gasteiger partial charge < -0.3 is 15.5 Å². The molecule has 2 aromatic heterocycles. The van der Waals surface area contributed by atoms with Crippen LogP contribution in [0.2, 0.25) is 4.34 Å². The molecule has 0 atom stereocenters. The molecule has 3 heterocycles. The highest BCUT2D eigenvalue weighted by molar-refractivity contribution is 7.20. The first-order valence-electron chi connectivity index (χ1n) is 8.58. The van der Waals surface area contributed by atoms with Crippen molar-refractivity contribution < 1.29 is 9.59 Å². The fourth-order valence-electron chi connectivity index (χ4n) is 3.06. The molecule has 0 spiro atoms. The van der Waals surface area contributed by atoms with Crippen molar-refractivity contribution in [1.82, 2.24) is 19.8 Å². The zero-order chi connectivity index (χ0) is 19.7. The summed E-state index contributed by atoms with van der Waals surface area (Å²) in [7, 11) is 0. The Hall–Kier alpha value is -2.91. The van der Waals surface area contributed by atoms with Crippen LogP contribution in [0.4, 0.5) is 15.6 Å². The lowest BCUT2D eigenvalue weighted by Gasteiger charge is -2.34. The molecule has 3 amide bonds. The summed E-state index contributed by atoms with van der Waals surface area (Å²) in [5.41, 5.74) is 7.54. The first-order chi connectivity index (χ1) is 13.5. The minimum Gasteiger partial charge on any atom is -0.383 e. The number of nitrogen functional groups attached to an aromatic ring is 1. The van der Waals surface area contributed by atoms with Crippen molar-refractivity contribution in [2.24, 2.45) is 0 Å². The van der Waals surface area contributed by atoms with E-state index in [-0.39, 0.29) is 18.5 Å². The number of benzene rings is 1. The second kappa shape index (κ2) is 7.61. The Balaban J connectivity index is 1.39. The number of amides is 3. The first-order valence-corrected chi connectivity index (χ1v) is 9.77. The maximum Gasteiger partial charge on any atom is 0.322 e. The molecule has 1 fully saturated rings. The van der Waals surface area contributed by atoms with Gasteiger partial charge in [0.15, 0.2) is 0 Å². The molecule has 8 nitrogen and oxygen atoms in total. The molecule has 0 radical (unpaired) electrons. The van der Waals surface area contributed by atoms with E-state index >= 15 is 0 Å². The molecule has 1 aliphatic rings. The van der Waals surface area contributed by atoms with E-state index in [1.165, 1.54) is 22.6 Å². The number of piperazine rings is 1. The molecule has 28 heavy (non-hydrogen) atoms. The van der Waals surface area contributed by atoms with Crippen molar-refractivity contribution in [2.75, 3.05) is 30.7 Å². The maximum absolute atomic E-state index is 12.5. The molecule has 3 N–H and O–H groups in total. The lowest BCUT2D eigenvalue weighted by Crippen LogP contribution is -2.52. The number of anilines is 2. The summed E-state index contributed by atoms with van der Waals surface area (Å²) < 4.78 is 0.596. The van der Waals surface area contributed by atoms with E-state index in [9.17, 15) is 9.59 Å². The summed E-state index contributed by atoms with van der Waals surface area (Å²) in [5.74, 6) is 0.326. The molecule has 0 unspecified atom stereocenters. The van der Waals surface area contributed by atoms with Gasteiger partial charge in [-0.2, -0.15) is 0 Å². The van der Waals surface area contributed by atoms with Crippen LogP contribution in [0, 0.1) is 0 Å². The molecule has 1 aliphatic heterocycles. The number of nitrogens with zero attached hydrogens (tertiary/aromatic N) is 4. The fraction of sp³-hybridized carbons (Fsp3) is 0.222. The first kappa shape index (κ1) is 18.5. The predicted molar refractivity (Wildman–Crippen MR) is 109 cm³/mol. The van der Waals surface area contributed by atoms with Crippen LogP contribution in [0.5, 0.6) is 0 Å². The van der Waals surface area contributed by atoms with Crippen LogP contribution in [0.1, 0.15) is 5.56 Å². The third kappa shape index (κ3) is 3.85. The molecule has 0 saturated carbocycles. The lowest BCUT2D eigenvalue weighted by molar-refractivity contribution is -0.135. The van der Waals surface area contributed by atoms with E-state index < -0.39 is 0 Å². The molecule has 0 aliphatic carbocycles. The number of carbonyl (C=O) groups excluding carboxylic acids is 2. The molecule has 144 valence electrons. The molecule has 0 bridgehead atoms. The van der Waals surface area contributed by atoms with Gasteiger partial charge in [-0.25, -0.2) is 14.8 Å². The highest BCUT2D eigenvalue weighted by Gasteiger charge is 2.27. The Labute approximate surface area is 169 Å². The molecule has 1 aromatic carbocycles. The summed E-state index contributed by atoms with van der Waals surface area (Å²) >= 11 is 7.15. The van der Waals surface area contributed by atoms with Gasteiger partial charge in [-0.3, -0.25) is 10.1 Å². The van der Waals surface area contributed by atoms with Gasteiger partial charge in [-0.05, 0) is 29.8 Å². The standard InChI is InChI=1S/C18H17ClN6O2S/c19-14-3-4-15(28-14)23-18(27)25-6-5-24(16(26)9-25)8-11-1-2-12-13(7-11)21-10-22-17(12)20/h1-4,7,10H,5-6,8-9H2,(H,23,27)(H2,20,21,22). The largest absolute Gasteiger partial charge is 0.383 e. The van der Waals surface area contributed by atoms with E-state index in [1.807, 2.05) is 18.2 Å². The number of fused-ring (bicyclic) bond motifs is 1. The van der Waals surface area contributed by atoms with Crippen LogP contribution < -0.4 is 11.1 Å². The molecular weight excluding hydrogens is 400 g/mol. The minimum absolute atomic E-state index is 0.0354. The normalized spacial score (nSPS) is 14.5. The maximum atomic E-state index is 12.5. The van der Waals surface area contributed by atoms with Gasteiger partial charge in [0, 0.05) is 25.0 Å². The summed E-state index contributed by atoms with van der Waals surface area (Å²) in [6.45, 7) is 1.41. The van der Waals surface area contributed by atoms with Crippen molar-refractivity contribution in [3.8, 4) is 0 Å². The highest BCUT2D eigenvalue weighted by atomic mass is 35.5. The van der Waals surface area contributed by atoms with E-state index in [2.05, 4.69) is 15.3 Å². The van der Waals surface area contributed by atoms with Crippen LogP contribution in [-0.2, 0) is 11.3 Å². The number of urea groups is 1. The Bertz CT molecular complexity index is 1060. The average molecular weight is 417 g/mol. The van der Waals surface area contributed by atoms with Gasteiger partial charge in [-0.15, -0.1) is 11.3 Å². The summed E-state index contributed by atoms with van der Waals surface area (Å²) in [5, 5.41) is 4.21. The number of rotatable bonds is 3. The van der Waals surface area contributed by atoms with Crippen LogP contribution in [0.3, 0.4) is 0 Å². The van der Waals surface area contributed by atoms with Crippen molar-refractivity contribution in [2.45, 2.75) is 6.54 Å². The number of hydrogen-bond acceptors (Lipinski definition) is 6. The monoisotopic (exact) mass is 416 g/mol. The number of aromatic nitrogens is 2. The van der Waals surface area contributed by atoms with Gasteiger partial charge >= 0.3 is 6.03 Å². The number of carbonyl (C=O) groups is 2. The topological polar surface area (TPSA) is 104 Å². The van der Waals surface area contributed by atoms with Gasteiger partial charge in [0.1, 0.15) is 18.7 Å². The number of thiophene rings is 1. The number of nitrogens with two attached hydrogens (primary N) is 1. The number of hydrogen-bond donors (Lipinski definition) is 2. The highest BCUT2D eigenvalue weighted by Crippen LogP contribution is 2.26. The number of nitrogens with one attached hydrogen (secondary N) is 1. The summed E-state index contributed by atoms with van der Waals surface area (Å²) in [6.07, 6.45) is 1.42. The average Bonchev–Trinajstić information content (AvgIpc) is 3.08. The second-order valence-electron chi connectivity index (χ2n) is 6.38. The molecule has 4 rings (SSSR count). The molecular formula is C18H17ClN6O2S. The van der Waals surface area contributed by atoms with Crippen molar-refractivity contribution >= 4 is 56.6 Å².